The molecule has 6 nitrogen and oxygen atoms in total. The molecule has 0 aromatic heterocycles. The van der Waals surface area contributed by atoms with E-state index in [1.165, 1.54) is 31.2 Å². The van der Waals surface area contributed by atoms with Crippen LogP contribution in [-0.2, 0) is 19.1 Å². The van der Waals surface area contributed by atoms with Crippen molar-refractivity contribution >= 4 is 17.9 Å². The van der Waals surface area contributed by atoms with E-state index in [0.717, 1.165) is 0 Å². The fourth-order valence-corrected chi connectivity index (χ4v) is 1.52. The van der Waals surface area contributed by atoms with E-state index in [1.54, 1.807) is 0 Å². The highest BCUT2D eigenvalue weighted by Crippen LogP contribution is 2.14. The summed E-state index contributed by atoms with van der Waals surface area (Å²) in [6, 6.07) is 6.03. The van der Waals surface area contributed by atoms with Gasteiger partial charge in [0.05, 0.1) is 5.56 Å². The highest BCUT2D eigenvalue weighted by atomic mass is 16.6. The molecular formula is C17H20O6. The molecule has 23 heavy (non-hydrogen) atoms. The maximum atomic E-state index is 11.8. The number of hydrogen-bond acceptors (Lipinski definition) is 6. The van der Waals surface area contributed by atoms with Crippen molar-refractivity contribution in [2.24, 2.45) is 0 Å². The molecule has 0 bridgehead atoms. The van der Waals surface area contributed by atoms with E-state index in [0.29, 0.717) is 24.2 Å². The third kappa shape index (κ3) is 6.78. The van der Waals surface area contributed by atoms with Crippen LogP contribution >= 0.6 is 0 Å². The van der Waals surface area contributed by atoms with Crippen molar-refractivity contribution in [1.29, 1.82) is 0 Å². The van der Waals surface area contributed by atoms with Crippen LogP contribution in [0.4, 0.5) is 0 Å². The number of rotatable bonds is 8. The molecule has 0 aliphatic rings. The molecule has 0 spiro atoms. The maximum Gasteiger partial charge on any atom is 0.338 e. The van der Waals surface area contributed by atoms with E-state index < -0.39 is 11.9 Å². The number of carbonyl (C=O) groups is 3. The minimum atomic E-state index is -0.553. The summed E-state index contributed by atoms with van der Waals surface area (Å²) in [6.45, 7) is 6.76. The molecule has 1 aromatic carbocycles. The van der Waals surface area contributed by atoms with Gasteiger partial charge in [0, 0.05) is 12.0 Å². The first-order valence-electron chi connectivity index (χ1n) is 7.24. The van der Waals surface area contributed by atoms with Crippen molar-refractivity contribution in [3.05, 3.63) is 42.0 Å². The lowest BCUT2D eigenvalue weighted by molar-refractivity contribution is -0.140. The van der Waals surface area contributed by atoms with Crippen LogP contribution < -0.4 is 4.74 Å². The quantitative estimate of drug-likeness (QED) is 0.317. The van der Waals surface area contributed by atoms with E-state index in [9.17, 15) is 14.4 Å². The smallest absolute Gasteiger partial charge is 0.338 e. The summed E-state index contributed by atoms with van der Waals surface area (Å²) in [6.07, 6.45) is 1.05. The summed E-state index contributed by atoms with van der Waals surface area (Å²) in [5.74, 6) is -1.03. The van der Waals surface area contributed by atoms with Gasteiger partial charge in [-0.05, 0) is 37.6 Å². The highest BCUT2D eigenvalue weighted by Gasteiger charge is 2.09. The molecule has 0 amide bonds. The summed E-state index contributed by atoms with van der Waals surface area (Å²) in [5, 5.41) is 0. The first-order chi connectivity index (χ1) is 10.9. The lowest BCUT2D eigenvalue weighted by Gasteiger charge is -2.07. The predicted octanol–water partition coefficient (Wildman–Crippen LogP) is 2.67. The second-order valence-electron chi connectivity index (χ2n) is 4.80. The molecular weight excluding hydrogens is 300 g/mol. The van der Waals surface area contributed by atoms with Crippen LogP contribution in [0.1, 0.15) is 37.0 Å². The van der Waals surface area contributed by atoms with Gasteiger partial charge in [-0.3, -0.25) is 4.79 Å². The molecule has 0 radical (unpaired) electrons. The van der Waals surface area contributed by atoms with Crippen molar-refractivity contribution in [2.75, 3.05) is 13.2 Å². The third-order valence-electron chi connectivity index (χ3n) is 2.67. The molecule has 1 aromatic rings. The molecule has 1 rings (SSSR count). The van der Waals surface area contributed by atoms with Crippen LogP contribution in [0.25, 0.3) is 0 Å². The van der Waals surface area contributed by atoms with Crippen molar-refractivity contribution in [3.8, 4) is 5.75 Å². The van der Waals surface area contributed by atoms with E-state index in [2.05, 4.69) is 6.58 Å². The molecule has 0 saturated heterocycles. The zero-order chi connectivity index (χ0) is 17.2. The number of carbonyl (C=O) groups excluding carboxylic acids is 3. The largest absolute Gasteiger partial charge is 0.459 e. The fourth-order valence-electron chi connectivity index (χ4n) is 1.52. The van der Waals surface area contributed by atoms with E-state index in [1.807, 2.05) is 6.92 Å². The molecule has 0 N–H and O–H groups in total. The molecule has 0 unspecified atom stereocenters. The van der Waals surface area contributed by atoms with Gasteiger partial charge in [0.25, 0.3) is 0 Å². The summed E-state index contributed by atoms with van der Waals surface area (Å²) < 4.78 is 14.8. The van der Waals surface area contributed by atoms with Crippen molar-refractivity contribution in [1.82, 2.24) is 0 Å². The Labute approximate surface area is 135 Å². The Kier molecular flexibility index (Phi) is 7.53. The molecule has 0 fully saturated rings. The average Bonchev–Trinajstić information content (AvgIpc) is 2.51. The van der Waals surface area contributed by atoms with Crippen LogP contribution in [0.2, 0.25) is 0 Å². The lowest BCUT2D eigenvalue weighted by atomic mass is 10.2. The Balaban J connectivity index is 2.40. The van der Waals surface area contributed by atoms with Gasteiger partial charge < -0.3 is 14.2 Å². The summed E-state index contributed by atoms with van der Waals surface area (Å²) in [7, 11) is 0. The van der Waals surface area contributed by atoms with E-state index >= 15 is 0 Å². The lowest BCUT2D eigenvalue weighted by Crippen LogP contribution is -2.14. The Bertz CT molecular complexity index is 573. The molecule has 0 aliphatic carbocycles. The van der Waals surface area contributed by atoms with Gasteiger partial charge in [-0.15, -0.1) is 0 Å². The molecule has 0 atom stereocenters. The second kappa shape index (κ2) is 9.40. The molecule has 0 aliphatic heterocycles. The molecule has 0 heterocycles. The van der Waals surface area contributed by atoms with Crippen LogP contribution in [0, 0.1) is 0 Å². The normalized spacial score (nSPS) is 9.83. The third-order valence-corrected chi connectivity index (χ3v) is 2.67. The Morgan fingerprint density at radius 3 is 2.22 bits per heavy atom. The van der Waals surface area contributed by atoms with E-state index in [-0.39, 0.29) is 24.8 Å². The summed E-state index contributed by atoms with van der Waals surface area (Å²) in [5.41, 5.74) is 0.594. The minimum Gasteiger partial charge on any atom is -0.459 e. The standard InChI is InChI=1S/C17H20O6/c1-4-5-15(18)23-14-8-6-13(7-9-14)17(20)22-11-10-21-16(19)12(2)3/h6-9H,2,4-5,10-11H2,1,3H3. The minimum absolute atomic E-state index is 0.0376. The zero-order valence-electron chi connectivity index (χ0n) is 13.3. The van der Waals surface area contributed by atoms with Gasteiger partial charge in [0.15, 0.2) is 0 Å². The average molecular weight is 320 g/mol. The molecule has 6 heteroatoms. The van der Waals surface area contributed by atoms with Gasteiger partial charge in [-0.1, -0.05) is 13.5 Å². The first kappa shape index (κ1) is 18.4. The second-order valence-corrected chi connectivity index (χ2v) is 4.80. The monoisotopic (exact) mass is 320 g/mol. The number of esters is 3. The number of benzene rings is 1. The van der Waals surface area contributed by atoms with Crippen LogP contribution in [-0.4, -0.2) is 31.1 Å². The van der Waals surface area contributed by atoms with Gasteiger partial charge >= 0.3 is 17.9 Å². The Morgan fingerprint density at radius 2 is 1.65 bits per heavy atom. The Hall–Kier alpha value is -2.63. The predicted molar refractivity (Wildman–Crippen MR) is 83.0 cm³/mol. The topological polar surface area (TPSA) is 78.9 Å². The van der Waals surface area contributed by atoms with Crippen molar-refractivity contribution in [2.45, 2.75) is 26.7 Å². The van der Waals surface area contributed by atoms with Gasteiger partial charge in [0.1, 0.15) is 19.0 Å². The number of hydrogen-bond donors (Lipinski definition) is 0. The summed E-state index contributed by atoms with van der Waals surface area (Å²) in [4.78, 5) is 34.2. The molecule has 124 valence electrons. The Morgan fingerprint density at radius 1 is 1.04 bits per heavy atom. The van der Waals surface area contributed by atoms with Gasteiger partial charge in [-0.2, -0.15) is 0 Å². The van der Waals surface area contributed by atoms with Crippen molar-refractivity contribution < 1.29 is 28.6 Å². The highest BCUT2D eigenvalue weighted by molar-refractivity contribution is 5.89. The zero-order valence-corrected chi connectivity index (χ0v) is 13.3. The molecule has 0 saturated carbocycles. The SMILES string of the molecule is C=C(C)C(=O)OCCOC(=O)c1ccc(OC(=O)CCC)cc1. The van der Waals surface area contributed by atoms with Gasteiger partial charge in [0.2, 0.25) is 0 Å². The van der Waals surface area contributed by atoms with Gasteiger partial charge in [-0.25, -0.2) is 9.59 Å². The van der Waals surface area contributed by atoms with Crippen LogP contribution in [0.3, 0.4) is 0 Å². The summed E-state index contributed by atoms with van der Waals surface area (Å²) >= 11 is 0. The van der Waals surface area contributed by atoms with Crippen LogP contribution in [0.15, 0.2) is 36.4 Å². The first-order valence-corrected chi connectivity index (χ1v) is 7.24. The number of ether oxygens (including phenoxy) is 3. The van der Waals surface area contributed by atoms with Crippen LogP contribution in [0.5, 0.6) is 5.75 Å². The van der Waals surface area contributed by atoms with E-state index in [4.69, 9.17) is 14.2 Å². The van der Waals surface area contributed by atoms with Crippen molar-refractivity contribution in [3.63, 3.8) is 0 Å². The maximum absolute atomic E-state index is 11.8. The fraction of sp³-hybridized carbons (Fsp3) is 0.353.